The van der Waals surface area contributed by atoms with Gasteiger partial charge in [0.1, 0.15) is 23.7 Å². The van der Waals surface area contributed by atoms with Crippen molar-refractivity contribution in [2.24, 2.45) is 5.92 Å². The van der Waals surface area contributed by atoms with Crippen LogP contribution in [0.15, 0.2) is 36.4 Å². The first kappa shape index (κ1) is 24.4. The molecule has 2 N–H and O–H groups in total. The highest BCUT2D eigenvalue weighted by Gasteiger charge is 2.51. The van der Waals surface area contributed by atoms with Crippen molar-refractivity contribution in [2.75, 3.05) is 19.8 Å². The number of halogens is 2. The first-order chi connectivity index (χ1) is 16.6. The van der Waals surface area contributed by atoms with E-state index in [0.717, 1.165) is 30.2 Å². The number of fused-ring (bicyclic) bond motifs is 1. The zero-order valence-electron chi connectivity index (χ0n) is 19.7. The van der Waals surface area contributed by atoms with E-state index >= 15 is 0 Å². The van der Waals surface area contributed by atoms with Crippen LogP contribution in [0.4, 0.5) is 13.6 Å². The Bertz CT molecular complexity index is 1170. The summed E-state index contributed by atoms with van der Waals surface area (Å²) < 4.78 is 39.5. The number of hydrogen-bond donors (Lipinski definition) is 2. The Labute approximate surface area is 201 Å². The Hall–Kier alpha value is -3.69. The maximum absolute atomic E-state index is 14.4. The van der Waals surface area contributed by atoms with Crippen molar-refractivity contribution in [2.45, 2.75) is 38.8 Å². The Balaban J connectivity index is 1.51. The average Bonchev–Trinajstić information content (AvgIpc) is 2.97. The van der Waals surface area contributed by atoms with Crippen LogP contribution in [0.3, 0.4) is 0 Å². The van der Waals surface area contributed by atoms with Crippen LogP contribution in [0, 0.1) is 17.6 Å². The smallest absolute Gasteiger partial charge is 0.325 e. The quantitative estimate of drug-likeness (QED) is 0.609. The van der Waals surface area contributed by atoms with E-state index in [0.29, 0.717) is 29.6 Å². The standard InChI is InChI=1S/C25H27F2N3O5/c1-14(2)22(15-5-8-19-20(11-15)35-10-4-9-34-19)28-21(31)13-30-23(32)25(3,29-24(30)33)17-12-16(26)6-7-18(17)27/h5-8,11-12,14,22H,4,9-10,13H2,1-3H3,(H,28,31)(H,29,33)/t22-,25-/m0/s1. The molecule has 0 bridgehead atoms. The molecule has 2 aliphatic heterocycles. The molecule has 0 aromatic heterocycles. The van der Waals surface area contributed by atoms with Gasteiger partial charge in [-0.2, -0.15) is 0 Å². The molecule has 1 saturated heterocycles. The number of amides is 4. The Morgan fingerprint density at radius 3 is 2.54 bits per heavy atom. The molecule has 1 fully saturated rings. The second-order valence-corrected chi connectivity index (χ2v) is 9.12. The molecule has 2 heterocycles. The lowest BCUT2D eigenvalue weighted by Gasteiger charge is -2.25. The highest BCUT2D eigenvalue weighted by molar-refractivity contribution is 6.09. The van der Waals surface area contributed by atoms with Crippen molar-refractivity contribution < 1.29 is 32.6 Å². The molecule has 4 amide bonds. The number of nitrogens with zero attached hydrogens (tertiary/aromatic N) is 1. The van der Waals surface area contributed by atoms with Gasteiger partial charge in [0.15, 0.2) is 11.5 Å². The largest absolute Gasteiger partial charge is 0.490 e. The van der Waals surface area contributed by atoms with Crippen molar-refractivity contribution in [1.29, 1.82) is 0 Å². The van der Waals surface area contributed by atoms with Gasteiger partial charge in [-0.05, 0) is 48.7 Å². The van der Waals surface area contributed by atoms with Gasteiger partial charge < -0.3 is 20.1 Å². The third-order valence-electron chi connectivity index (χ3n) is 6.16. The molecule has 2 aromatic carbocycles. The van der Waals surface area contributed by atoms with Crippen LogP contribution in [0.25, 0.3) is 0 Å². The topological polar surface area (TPSA) is 97.0 Å². The van der Waals surface area contributed by atoms with Crippen molar-refractivity contribution >= 4 is 17.8 Å². The van der Waals surface area contributed by atoms with E-state index in [1.54, 1.807) is 6.07 Å². The summed E-state index contributed by atoms with van der Waals surface area (Å²) in [6.45, 7) is 5.62. The Morgan fingerprint density at radius 2 is 1.83 bits per heavy atom. The summed E-state index contributed by atoms with van der Waals surface area (Å²) in [4.78, 5) is 39.2. The van der Waals surface area contributed by atoms with Gasteiger partial charge in [-0.25, -0.2) is 13.6 Å². The van der Waals surface area contributed by atoms with Crippen molar-refractivity contribution in [3.63, 3.8) is 0 Å². The van der Waals surface area contributed by atoms with Gasteiger partial charge in [0.25, 0.3) is 5.91 Å². The van der Waals surface area contributed by atoms with Crippen molar-refractivity contribution in [3.05, 3.63) is 59.2 Å². The monoisotopic (exact) mass is 487 g/mol. The lowest BCUT2D eigenvalue weighted by atomic mass is 9.91. The fourth-order valence-electron chi connectivity index (χ4n) is 4.27. The molecule has 186 valence electrons. The van der Waals surface area contributed by atoms with Crippen LogP contribution in [-0.2, 0) is 15.1 Å². The van der Waals surface area contributed by atoms with Gasteiger partial charge in [0, 0.05) is 12.0 Å². The van der Waals surface area contributed by atoms with E-state index in [2.05, 4.69) is 10.6 Å². The highest BCUT2D eigenvalue weighted by Crippen LogP contribution is 2.35. The average molecular weight is 488 g/mol. The van der Waals surface area contributed by atoms with Crippen LogP contribution in [0.2, 0.25) is 0 Å². The third kappa shape index (κ3) is 4.78. The minimum absolute atomic E-state index is 0.0292. The minimum Gasteiger partial charge on any atom is -0.490 e. The number of imide groups is 1. The van der Waals surface area contributed by atoms with Crippen molar-refractivity contribution in [3.8, 4) is 11.5 Å². The molecule has 0 spiro atoms. The maximum Gasteiger partial charge on any atom is 0.325 e. The molecule has 0 saturated carbocycles. The molecular formula is C25H27F2N3O5. The summed E-state index contributed by atoms with van der Waals surface area (Å²) in [6.07, 6.45) is 0.763. The second kappa shape index (κ2) is 9.52. The zero-order valence-corrected chi connectivity index (χ0v) is 19.7. The molecule has 0 unspecified atom stereocenters. The van der Waals surface area contributed by atoms with Crippen LogP contribution in [0.5, 0.6) is 11.5 Å². The highest BCUT2D eigenvalue weighted by atomic mass is 19.1. The third-order valence-corrected chi connectivity index (χ3v) is 6.16. The van der Waals surface area contributed by atoms with E-state index in [4.69, 9.17) is 9.47 Å². The number of ether oxygens (including phenoxy) is 2. The molecular weight excluding hydrogens is 460 g/mol. The number of rotatable bonds is 6. The van der Waals surface area contributed by atoms with Crippen LogP contribution < -0.4 is 20.1 Å². The zero-order chi connectivity index (χ0) is 25.3. The summed E-state index contributed by atoms with van der Waals surface area (Å²) >= 11 is 0. The maximum atomic E-state index is 14.4. The predicted octanol–water partition coefficient (Wildman–Crippen LogP) is 3.41. The molecule has 2 aromatic rings. The summed E-state index contributed by atoms with van der Waals surface area (Å²) in [7, 11) is 0. The van der Waals surface area contributed by atoms with Crippen LogP contribution in [0.1, 0.15) is 44.4 Å². The van der Waals surface area contributed by atoms with Gasteiger partial charge in [-0.3, -0.25) is 14.5 Å². The van der Waals surface area contributed by atoms with Gasteiger partial charge in [-0.1, -0.05) is 19.9 Å². The van der Waals surface area contributed by atoms with E-state index in [1.807, 2.05) is 26.0 Å². The Morgan fingerprint density at radius 1 is 1.11 bits per heavy atom. The summed E-state index contributed by atoms with van der Waals surface area (Å²) in [5, 5.41) is 5.26. The molecule has 0 radical (unpaired) electrons. The van der Waals surface area contributed by atoms with Crippen LogP contribution in [-0.4, -0.2) is 42.5 Å². The first-order valence-corrected chi connectivity index (χ1v) is 11.4. The molecule has 2 aliphatic rings. The fourth-order valence-corrected chi connectivity index (χ4v) is 4.27. The van der Waals surface area contributed by atoms with E-state index in [9.17, 15) is 23.2 Å². The lowest BCUT2D eigenvalue weighted by Crippen LogP contribution is -2.44. The normalized spacial score (nSPS) is 20.5. The fraction of sp³-hybridized carbons (Fsp3) is 0.400. The minimum atomic E-state index is -1.84. The number of nitrogens with one attached hydrogen (secondary N) is 2. The lowest BCUT2D eigenvalue weighted by molar-refractivity contribution is -0.135. The van der Waals surface area contributed by atoms with E-state index in [-0.39, 0.29) is 11.5 Å². The van der Waals surface area contributed by atoms with Gasteiger partial charge in [0.05, 0.1) is 19.3 Å². The summed E-state index contributed by atoms with van der Waals surface area (Å²) in [6, 6.07) is 6.77. The number of carbonyl (C=O) groups excluding carboxylic acids is 3. The summed E-state index contributed by atoms with van der Waals surface area (Å²) in [5.41, 5.74) is -1.37. The molecule has 4 rings (SSSR count). The SMILES string of the molecule is CC(C)[C@H](NC(=O)CN1C(=O)N[C@@](C)(c2cc(F)ccc2F)C1=O)c1ccc2c(c1)OCCCO2. The van der Waals surface area contributed by atoms with Gasteiger partial charge >= 0.3 is 6.03 Å². The van der Waals surface area contributed by atoms with Crippen LogP contribution >= 0.6 is 0 Å². The molecule has 10 heteroatoms. The van der Waals surface area contributed by atoms with Crippen molar-refractivity contribution in [1.82, 2.24) is 15.5 Å². The van der Waals surface area contributed by atoms with E-state index < -0.39 is 47.6 Å². The Kier molecular flexibility index (Phi) is 6.64. The molecule has 35 heavy (non-hydrogen) atoms. The number of benzene rings is 2. The van der Waals surface area contributed by atoms with E-state index in [1.165, 1.54) is 6.92 Å². The number of hydrogen-bond acceptors (Lipinski definition) is 5. The molecule has 8 nitrogen and oxygen atoms in total. The second-order valence-electron chi connectivity index (χ2n) is 9.12. The van der Waals surface area contributed by atoms with Gasteiger partial charge in [-0.15, -0.1) is 0 Å². The van der Waals surface area contributed by atoms with Gasteiger partial charge in [0.2, 0.25) is 5.91 Å². The summed E-state index contributed by atoms with van der Waals surface area (Å²) in [5.74, 6) is -1.84. The molecule has 0 aliphatic carbocycles. The predicted molar refractivity (Wildman–Crippen MR) is 122 cm³/mol. The number of urea groups is 1. The number of carbonyl (C=O) groups is 3. The molecule has 2 atom stereocenters. The first-order valence-electron chi connectivity index (χ1n) is 11.4.